The van der Waals surface area contributed by atoms with Gasteiger partial charge in [-0.05, 0) is 43.9 Å². The summed E-state index contributed by atoms with van der Waals surface area (Å²) < 4.78 is 1.83. The van der Waals surface area contributed by atoms with Gasteiger partial charge in [-0.3, -0.25) is 14.3 Å². The van der Waals surface area contributed by atoms with Crippen LogP contribution in [0, 0.1) is 5.92 Å². The third-order valence-electron chi connectivity index (χ3n) is 4.79. The van der Waals surface area contributed by atoms with Gasteiger partial charge in [0.2, 0.25) is 5.91 Å². The van der Waals surface area contributed by atoms with E-state index in [1.165, 1.54) is 12.8 Å². The Labute approximate surface area is 145 Å². The summed E-state index contributed by atoms with van der Waals surface area (Å²) in [6.45, 7) is 0. The van der Waals surface area contributed by atoms with E-state index in [2.05, 4.69) is 20.7 Å². The summed E-state index contributed by atoms with van der Waals surface area (Å²) >= 11 is 0. The summed E-state index contributed by atoms with van der Waals surface area (Å²) in [6.07, 6.45) is 9.63. The maximum absolute atomic E-state index is 12.5. The van der Waals surface area contributed by atoms with Crippen molar-refractivity contribution in [1.29, 1.82) is 0 Å². The van der Waals surface area contributed by atoms with Crippen molar-refractivity contribution in [3.05, 3.63) is 36.3 Å². The Kier molecular flexibility index (Phi) is 4.21. The Morgan fingerprint density at radius 2 is 1.84 bits per heavy atom. The maximum Gasteiger partial charge on any atom is 0.273 e. The van der Waals surface area contributed by atoms with Crippen molar-refractivity contribution in [3.63, 3.8) is 0 Å². The monoisotopic (exact) mass is 339 g/mol. The Hall–Kier alpha value is -2.70. The predicted octanol–water partition coefficient (Wildman–Crippen LogP) is 2.99. The van der Waals surface area contributed by atoms with Crippen LogP contribution in [0.5, 0.6) is 0 Å². The fraction of sp³-hybridized carbons (Fsp3) is 0.444. The van der Waals surface area contributed by atoms with E-state index in [0.29, 0.717) is 23.2 Å². The first-order valence-electron chi connectivity index (χ1n) is 8.82. The molecule has 0 radical (unpaired) electrons. The number of carbonyl (C=O) groups is 2. The Morgan fingerprint density at radius 3 is 2.52 bits per heavy atom. The minimum atomic E-state index is -0.194. The second kappa shape index (κ2) is 6.66. The zero-order chi connectivity index (χ0) is 17.2. The molecule has 2 aliphatic rings. The van der Waals surface area contributed by atoms with Gasteiger partial charge in [0, 0.05) is 12.1 Å². The first kappa shape index (κ1) is 15.8. The first-order valence-corrected chi connectivity index (χ1v) is 8.82. The fourth-order valence-corrected chi connectivity index (χ4v) is 3.24. The van der Waals surface area contributed by atoms with Gasteiger partial charge in [0.05, 0.1) is 17.9 Å². The smallest absolute Gasteiger partial charge is 0.273 e. The predicted molar refractivity (Wildman–Crippen MR) is 93.3 cm³/mol. The molecule has 0 aliphatic heterocycles. The molecule has 7 nitrogen and oxygen atoms in total. The first-order chi connectivity index (χ1) is 12.2. The molecule has 0 saturated heterocycles. The zero-order valence-corrected chi connectivity index (χ0v) is 13.9. The number of amides is 2. The van der Waals surface area contributed by atoms with Crippen LogP contribution in [0.1, 0.15) is 55.1 Å². The molecule has 130 valence electrons. The lowest BCUT2D eigenvalue weighted by Gasteiger charge is -2.14. The molecule has 0 bridgehead atoms. The van der Waals surface area contributed by atoms with Crippen LogP contribution < -0.4 is 10.6 Å². The number of carbonyl (C=O) groups excluding carboxylic acids is 2. The Morgan fingerprint density at radius 1 is 1.04 bits per heavy atom. The van der Waals surface area contributed by atoms with Gasteiger partial charge in [-0.25, -0.2) is 4.98 Å². The van der Waals surface area contributed by atoms with Crippen LogP contribution in [0.25, 0.3) is 0 Å². The summed E-state index contributed by atoms with van der Waals surface area (Å²) in [5.41, 5.74) is 1.16. The van der Waals surface area contributed by atoms with Gasteiger partial charge in [-0.1, -0.05) is 12.8 Å². The molecular formula is C18H21N5O2. The molecule has 2 fully saturated rings. The van der Waals surface area contributed by atoms with E-state index in [-0.39, 0.29) is 17.7 Å². The van der Waals surface area contributed by atoms with Gasteiger partial charge >= 0.3 is 0 Å². The van der Waals surface area contributed by atoms with Gasteiger partial charge < -0.3 is 10.6 Å². The summed E-state index contributed by atoms with van der Waals surface area (Å²) in [5, 5.41) is 9.95. The number of pyridine rings is 1. The van der Waals surface area contributed by atoms with Crippen molar-refractivity contribution >= 4 is 23.3 Å². The number of hydrogen-bond donors (Lipinski definition) is 2. The van der Waals surface area contributed by atoms with Gasteiger partial charge in [0.15, 0.2) is 0 Å². The van der Waals surface area contributed by atoms with Crippen LogP contribution in [-0.4, -0.2) is 26.6 Å². The lowest BCUT2D eigenvalue weighted by Crippen LogP contribution is -2.20. The van der Waals surface area contributed by atoms with E-state index >= 15 is 0 Å². The highest BCUT2D eigenvalue weighted by Gasteiger charge is 2.29. The molecule has 2 N–H and O–H groups in total. The molecule has 7 heteroatoms. The molecule has 2 saturated carbocycles. The van der Waals surface area contributed by atoms with Crippen LogP contribution in [0.4, 0.5) is 11.5 Å². The molecule has 4 rings (SSSR count). The quantitative estimate of drug-likeness (QED) is 0.876. The van der Waals surface area contributed by atoms with Crippen LogP contribution in [0.2, 0.25) is 0 Å². The topological polar surface area (TPSA) is 88.9 Å². The lowest BCUT2D eigenvalue weighted by molar-refractivity contribution is -0.117. The van der Waals surface area contributed by atoms with Crippen molar-refractivity contribution in [1.82, 2.24) is 14.8 Å². The van der Waals surface area contributed by atoms with Crippen molar-refractivity contribution < 1.29 is 9.59 Å². The molecule has 2 aromatic rings. The zero-order valence-electron chi connectivity index (χ0n) is 13.9. The molecule has 2 amide bonds. The van der Waals surface area contributed by atoms with Crippen molar-refractivity contribution in [2.45, 2.75) is 44.6 Å². The SMILES string of the molecule is O=C(Nc1ccc(NC(=O)C2CC2)nc1)c1ccnn1C1CCCC1. The van der Waals surface area contributed by atoms with E-state index in [4.69, 9.17) is 0 Å². The van der Waals surface area contributed by atoms with Crippen LogP contribution >= 0.6 is 0 Å². The second-order valence-corrected chi connectivity index (χ2v) is 6.75. The van der Waals surface area contributed by atoms with E-state index < -0.39 is 0 Å². The molecular weight excluding hydrogens is 318 g/mol. The van der Waals surface area contributed by atoms with Crippen molar-refractivity contribution in [2.24, 2.45) is 5.92 Å². The molecule has 0 unspecified atom stereocenters. The number of anilines is 2. The summed E-state index contributed by atoms with van der Waals surface area (Å²) in [7, 11) is 0. The minimum absolute atomic E-state index is 0.0183. The van der Waals surface area contributed by atoms with E-state index in [1.54, 1.807) is 30.6 Å². The van der Waals surface area contributed by atoms with Gasteiger partial charge in [-0.15, -0.1) is 0 Å². The molecule has 2 aliphatic carbocycles. The lowest BCUT2D eigenvalue weighted by atomic mass is 10.2. The number of nitrogens with zero attached hydrogens (tertiary/aromatic N) is 3. The van der Waals surface area contributed by atoms with E-state index in [1.807, 2.05) is 4.68 Å². The largest absolute Gasteiger partial charge is 0.319 e. The Balaban J connectivity index is 1.40. The molecule has 2 aromatic heterocycles. The van der Waals surface area contributed by atoms with Gasteiger partial charge in [0.25, 0.3) is 5.91 Å². The average Bonchev–Trinajstić information content (AvgIpc) is 3.11. The number of rotatable bonds is 5. The van der Waals surface area contributed by atoms with Gasteiger partial charge in [0.1, 0.15) is 11.5 Å². The molecule has 2 heterocycles. The summed E-state index contributed by atoms with van der Waals surface area (Å²) in [5.74, 6) is 0.466. The number of aromatic nitrogens is 3. The van der Waals surface area contributed by atoms with Crippen LogP contribution in [-0.2, 0) is 4.79 Å². The minimum Gasteiger partial charge on any atom is -0.319 e. The normalized spacial score (nSPS) is 17.4. The van der Waals surface area contributed by atoms with Crippen molar-refractivity contribution in [2.75, 3.05) is 10.6 Å². The highest BCUT2D eigenvalue weighted by Crippen LogP contribution is 2.30. The van der Waals surface area contributed by atoms with Gasteiger partial charge in [-0.2, -0.15) is 5.10 Å². The molecule has 25 heavy (non-hydrogen) atoms. The molecule has 0 spiro atoms. The van der Waals surface area contributed by atoms with Crippen LogP contribution in [0.15, 0.2) is 30.6 Å². The van der Waals surface area contributed by atoms with Crippen LogP contribution in [0.3, 0.4) is 0 Å². The third kappa shape index (κ3) is 3.55. The van der Waals surface area contributed by atoms with Crippen molar-refractivity contribution in [3.8, 4) is 0 Å². The summed E-state index contributed by atoms with van der Waals surface area (Å²) in [4.78, 5) is 28.5. The third-order valence-corrected chi connectivity index (χ3v) is 4.79. The highest BCUT2D eigenvalue weighted by molar-refractivity contribution is 6.03. The summed E-state index contributed by atoms with van der Waals surface area (Å²) in [6, 6.07) is 5.49. The molecule has 0 aromatic carbocycles. The standard InChI is InChI=1S/C18H21N5O2/c24-17(12-5-6-12)22-16-8-7-13(11-19-16)21-18(25)15-9-10-20-23(15)14-3-1-2-4-14/h7-12,14H,1-6H2,(H,21,25)(H,19,22,24). The number of nitrogens with one attached hydrogen (secondary N) is 2. The average molecular weight is 339 g/mol. The van der Waals surface area contributed by atoms with E-state index in [9.17, 15) is 9.59 Å². The molecule has 0 atom stereocenters. The Bertz CT molecular complexity index is 773. The second-order valence-electron chi connectivity index (χ2n) is 6.75. The van der Waals surface area contributed by atoms with E-state index in [0.717, 1.165) is 25.7 Å². The highest BCUT2D eigenvalue weighted by atomic mass is 16.2. The number of hydrogen-bond acceptors (Lipinski definition) is 4. The maximum atomic E-state index is 12.5. The fourth-order valence-electron chi connectivity index (χ4n) is 3.24.